The number of pyridine rings is 1. The summed E-state index contributed by atoms with van der Waals surface area (Å²) in [4.78, 5) is 34.9. The molecule has 1 aromatic heterocycles. The molecule has 4 heterocycles. The molecule has 2 amide bonds. The lowest BCUT2D eigenvalue weighted by atomic mass is 9.95. The number of amides is 2. The number of carbonyl (C=O) groups excluding carboxylic acids is 2. The maximum atomic E-state index is 12.5. The fraction of sp³-hybridized carbons (Fsp3) is 0.611. The zero-order chi connectivity index (χ0) is 17.2. The number of nitrogens with one attached hydrogen (secondary N) is 1. The van der Waals surface area contributed by atoms with Gasteiger partial charge in [-0.1, -0.05) is 6.07 Å². The molecule has 3 aliphatic rings. The Bertz CT molecular complexity index is 614. The minimum atomic E-state index is -0.0281. The van der Waals surface area contributed by atoms with Crippen molar-refractivity contribution >= 4 is 17.6 Å². The lowest BCUT2D eigenvalue weighted by molar-refractivity contribution is -0.144. The van der Waals surface area contributed by atoms with Gasteiger partial charge < -0.3 is 15.1 Å². The number of hydrogen-bond acceptors (Lipinski definition) is 5. The molecule has 4 rings (SSSR count). The third-order valence-corrected chi connectivity index (χ3v) is 5.59. The third kappa shape index (κ3) is 3.46. The summed E-state index contributed by atoms with van der Waals surface area (Å²) in [6.07, 6.45) is 3.00. The monoisotopic (exact) mass is 343 g/mol. The minimum absolute atomic E-state index is 0.0281. The van der Waals surface area contributed by atoms with E-state index in [9.17, 15) is 9.59 Å². The van der Waals surface area contributed by atoms with Crippen LogP contribution in [0, 0.1) is 5.92 Å². The van der Waals surface area contributed by atoms with Crippen LogP contribution in [-0.4, -0.2) is 78.5 Å². The summed E-state index contributed by atoms with van der Waals surface area (Å²) in [5.41, 5.74) is 0. The normalized spacial score (nSPS) is 25.4. The Labute approximate surface area is 148 Å². The predicted molar refractivity (Wildman–Crippen MR) is 94.1 cm³/mol. The highest BCUT2D eigenvalue weighted by atomic mass is 16.2. The first-order valence-corrected chi connectivity index (χ1v) is 9.16. The Morgan fingerprint density at radius 1 is 1.16 bits per heavy atom. The molecule has 0 spiro atoms. The summed E-state index contributed by atoms with van der Waals surface area (Å²) in [7, 11) is 0. The first-order valence-electron chi connectivity index (χ1n) is 9.16. The number of hydrogen-bond donors (Lipinski definition) is 1. The van der Waals surface area contributed by atoms with Crippen LogP contribution in [-0.2, 0) is 9.59 Å². The topological polar surface area (TPSA) is 68.8 Å². The van der Waals surface area contributed by atoms with E-state index in [0.29, 0.717) is 25.4 Å². The number of piperidine rings is 1. The molecule has 3 aliphatic heterocycles. The Morgan fingerprint density at radius 3 is 2.60 bits per heavy atom. The van der Waals surface area contributed by atoms with Gasteiger partial charge in [-0.3, -0.25) is 14.5 Å². The smallest absolute Gasteiger partial charge is 0.227 e. The molecule has 0 radical (unpaired) electrons. The van der Waals surface area contributed by atoms with E-state index < -0.39 is 0 Å². The largest absolute Gasteiger partial charge is 0.355 e. The summed E-state index contributed by atoms with van der Waals surface area (Å²) < 4.78 is 0. The van der Waals surface area contributed by atoms with Crippen LogP contribution in [0.2, 0.25) is 0 Å². The first kappa shape index (κ1) is 16.3. The number of anilines is 1. The van der Waals surface area contributed by atoms with Crippen LogP contribution in [0.5, 0.6) is 0 Å². The van der Waals surface area contributed by atoms with Gasteiger partial charge in [0.2, 0.25) is 11.8 Å². The fourth-order valence-electron chi connectivity index (χ4n) is 3.92. The summed E-state index contributed by atoms with van der Waals surface area (Å²) in [5, 5.41) is 2.80. The van der Waals surface area contributed by atoms with Crippen molar-refractivity contribution in [1.82, 2.24) is 20.1 Å². The molecule has 25 heavy (non-hydrogen) atoms. The molecule has 0 saturated carbocycles. The molecule has 3 fully saturated rings. The van der Waals surface area contributed by atoms with E-state index in [1.54, 1.807) is 0 Å². The van der Waals surface area contributed by atoms with Crippen molar-refractivity contribution in [2.45, 2.75) is 18.9 Å². The lowest BCUT2D eigenvalue weighted by Crippen LogP contribution is -2.65. The van der Waals surface area contributed by atoms with Gasteiger partial charge in [0.1, 0.15) is 5.82 Å². The van der Waals surface area contributed by atoms with Crippen LogP contribution in [0.3, 0.4) is 0 Å². The summed E-state index contributed by atoms with van der Waals surface area (Å²) >= 11 is 0. The fourth-order valence-corrected chi connectivity index (χ4v) is 3.92. The van der Waals surface area contributed by atoms with Gasteiger partial charge >= 0.3 is 0 Å². The summed E-state index contributed by atoms with van der Waals surface area (Å²) in [5.74, 6) is 1.30. The Kier molecular flexibility index (Phi) is 4.57. The van der Waals surface area contributed by atoms with Crippen molar-refractivity contribution in [1.29, 1.82) is 0 Å². The van der Waals surface area contributed by atoms with Crippen LogP contribution in [0.1, 0.15) is 12.8 Å². The van der Waals surface area contributed by atoms with E-state index in [1.165, 1.54) is 0 Å². The van der Waals surface area contributed by atoms with Crippen molar-refractivity contribution in [3.63, 3.8) is 0 Å². The van der Waals surface area contributed by atoms with Crippen molar-refractivity contribution in [3.05, 3.63) is 24.4 Å². The van der Waals surface area contributed by atoms with E-state index in [4.69, 9.17) is 0 Å². The quantitative estimate of drug-likeness (QED) is 0.833. The molecule has 1 atom stereocenters. The number of nitrogens with zero attached hydrogens (tertiary/aromatic N) is 4. The number of likely N-dealkylation sites (tertiary alicyclic amines) is 1. The van der Waals surface area contributed by atoms with Gasteiger partial charge in [0, 0.05) is 64.5 Å². The van der Waals surface area contributed by atoms with Gasteiger partial charge in [0.05, 0.1) is 5.92 Å². The molecule has 134 valence electrons. The Morgan fingerprint density at radius 2 is 1.96 bits per heavy atom. The number of piperazine rings is 1. The molecule has 0 aliphatic carbocycles. The number of rotatable bonds is 3. The van der Waals surface area contributed by atoms with Gasteiger partial charge in [0.15, 0.2) is 0 Å². The van der Waals surface area contributed by atoms with Crippen LogP contribution in [0.25, 0.3) is 0 Å². The molecule has 3 saturated heterocycles. The molecule has 0 aromatic carbocycles. The summed E-state index contributed by atoms with van der Waals surface area (Å²) in [6.45, 7) is 6.15. The second-order valence-corrected chi connectivity index (χ2v) is 7.15. The molecule has 7 nitrogen and oxygen atoms in total. The zero-order valence-corrected chi connectivity index (χ0v) is 14.4. The Balaban J connectivity index is 1.22. The van der Waals surface area contributed by atoms with Gasteiger partial charge in [-0.2, -0.15) is 0 Å². The predicted octanol–water partition coefficient (Wildman–Crippen LogP) is -0.0594. The molecule has 1 aromatic rings. The van der Waals surface area contributed by atoms with Crippen LogP contribution >= 0.6 is 0 Å². The SMILES string of the molecule is O=C1CCC(C(=O)N2CC(N3CCN(c4ccccn4)CC3)C2)CN1. The van der Waals surface area contributed by atoms with Crippen molar-refractivity contribution in [2.75, 3.05) is 50.7 Å². The van der Waals surface area contributed by atoms with Crippen molar-refractivity contribution in [2.24, 2.45) is 5.92 Å². The number of aromatic nitrogens is 1. The second-order valence-electron chi connectivity index (χ2n) is 7.15. The van der Waals surface area contributed by atoms with Crippen LogP contribution in [0.4, 0.5) is 5.82 Å². The Hall–Kier alpha value is -2.15. The maximum Gasteiger partial charge on any atom is 0.227 e. The van der Waals surface area contributed by atoms with Crippen LogP contribution < -0.4 is 10.2 Å². The molecule has 1 unspecified atom stereocenters. The molecular formula is C18H25N5O2. The van der Waals surface area contributed by atoms with Crippen molar-refractivity contribution in [3.8, 4) is 0 Å². The standard InChI is InChI=1S/C18H25N5O2/c24-17-5-4-14(11-20-17)18(25)23-12-15(13-23)21-7-9-22(10-8-21)16-3-1-2-6-19-16/h1-3,6,14-15H,4-5,7-13H2,(H,20,24). The highest BCUT2D eigenvalue weighted by molar-refractivity contribution is 5.84. The van der Waals surface area contributed by atoms with Gasteiger partial charge in [-0.05, 0) is 18.6 Å². The van der Waals surface area contributed by atoms with Gasteiger partial charge in [-0.25, -0.2) is 4.98 Å². The molecule has 1 N–H and O–H groups in total. The van der Waals surface area contributed by atoms with E-state index >= 15 is 0 Å². The third-order valence-electron chi connectivity index (χ3n) is 5.59. The summed E-state index contributed by atoms with van der Waals surface area (Å²) in [6, 6.07) is 6.51. The highest BCUT2D eigenvalue weighted by Crippen LogP contribution is 2.23. The second kappa shape index (κ2) is 7.00. The van der Waals surface area contributed by atoms with Crippen molar-refractivity contribution < 1.29 is 9.59 Å². The molecule has 7 heteroatoms. The maximum absolute atomic E-state index is 12.5. The number of carbonyl (C=O) groups is 2. The van der Waals surface area contributed by atoms with E-state index in [1.807, 2.05) is 23.2 Å². The van der Waals surface area contributed by atoms with Gasteiger partial charge in [0.25, 0.3) is 0 Å². The average Bonchev–Trinajstić information content (AvgIpc) is 2.62. The average molecular weight is 343 g/mol. The first-order chi connectivity index (χ1) is 12.2. The van der Waals surface area contributed by atoms with E-state index in [0.717, 1.165) is 45.1 Å². The van der Waals surface area contributed by atoms with E-state index in [2.05, 4.69) is 26.2 Å². The highest BCUT2D eigenvalue weighted by Gasteiger charge is 2.39. The van der Waals surface area contributed by atoms with E-state index in [-0.39, 0.29) is 17.7 Å². The zero-order valence-electron chi connectivity index (χ0n) is 14.4. The minimum Gasteiger partial charge on any atom is -0.355 e. The lowest BCUT2D eigenvalue weighted by Gasteiger charge is -2.49. The van der Waals surface area contributed by atoms with Gasteiger partial charge in [-0.15, -0.1) is 0 Å². The van der Waals surface area contributed by atoms with Crippen LogP contribution in [0.15, 0.2) is 24.4 Å². The molecule has 0 bridgehead atoms. The molecular weight excluding hydrogens is 318 g/mol.